The highest BCUT2D eigenvalue weighted by molar-refractivity contribution is 5.81. The first-order valence-corrected chi connectivity index (χ1v) is 7.98. The van der Waals surface area contributed by atoms with Crippen molar-refractivity contribution in [3.8, 4) is 0 Å². The molecule has 0 aromatic carbocycles. The molecule has 2 nitrogen and oxygen atoms in total. The molecule has 1 aliphatic carbocycles. The summed E-state index contributed by atoms with van der Waals surface area (Å²) in [7, 11) is 0. The minimum absolute atomic E-state index is 0.565. The van der Waals surface area contributed by atoms with E-state index in [2.05, 4.69) is 33.8 Å². The Morgan fingerprint density at radius 3 is 2.45 bits per heavy atom. The molecule has 1 rings (SSSR count). The fourth-order valence-electron chi connectivity index (χ4n) is 3.02. The molecule has 22 heavy (non-hydrogen) atoms. The zero-order chi connectivity index (χ0) is 16.7. The van der Waals surface area contributed by atoms with Gasteiger partial charge in [0.25, 0.3) is 0 Å². The van der Waals surface area contributed by atoms with Crippen LogP contribution in [0.4, 0.5) is 0 Å². The third-order valence-corrected chi connectivity index (χ3v) is 3.85. The molecule has 0 amide bonds. The normalized spacial score (nSPS) is 19.6. The van der Waals surface area contributed by atoms with Gasteiger partial charge in [-0.25, -0.2) is 4.79 Å². The minimum atomic E-state index is -0.908. The van der Waals surface area contributed by atoms with Crippen LogP contribution in [0, 0.1) is 5.92 Å². The fourth-order valence-corrected chi connectivity index (χ4v) is 3.02. The molecule has 0 aromatic heterocycles. The van der Waals surface area contributed by atoms with E-state index in [1.165, 1.54) is 41.2 Å². The van der Waals surface area contributed by atoms with Crippen molar-refractivity contribution in [2.45, 2.75) is 53.9 Å². The standard InChI is InChI=1S/C20H28O2/c1-14(2)20-17(5)10-7-11-18(20)12-15(3)8-6-9-16(4)13-19(21)22/h6,8-9,12-14H,7,10-11H2,1-5H3,(H,21,22)/b9-6+,15-8+,16-13-,18-12+. The number of aliphatic carboxylic acids is 1. The molecule has 0 unspecified atom stereocenters. The summed E-state index contributed by atoms with van der Waals surface area (Å²) in [5.41, 5.74) is 6.43. The van der Waals surface area contributed by atoms with Crippen molar-refractivity contribution in [1.29, 1.82) is 0 Å². The van der Waals surface area contributed by atoms with Gasteiger partial charge < -0.3 is 5.11 Å². The van der Waals surface area contributed by atoms with Gasteiger partial charge in [-0.2, -0.15) is 0 Å². The lowest BCUT2D eigenvalue weighted by Gasteiger charge is -2.24. The molecule has 0 aliphatic heterocycles. The van der Waals surface area contributed by atoms with E-state index in [1.807, 2.05) is 18.2 Å². The smallest absolute Gasteiger partial charge is 0.328 e. The zero-order valence-corrected chi connectivity index (χ0v) is 14.4. The van der Waals surface area contributed by atoms with E-state index >= 15 is 0 Å². The van der Waals surface area contributed by atoms with E-state index in [1.54, 1.807) is 6.92 Å². The molecule has 0 fully saturated rings. The minimum Gasteiger partial charge on any atom is -0.478 e. The number of carboxylic acid groups (broad SMARTS) is 1. The Labute approximate surface area is 134 Å². The maximum atomic E-state index is 10.6. The quantitative estimate of drug-likeness (QED) is 0.530. The first kappa shape index (κ1) is 18.2. The summed E-state index contributed by atoms with van der Waals surface area (Å²) in [6.07, 6.45) is 12.9. The van der Waals surface area contributed by atoms with Crippen molar-refractivity contribution < 1.29 is 9.90 Å². The second-order valence-electron chi connectivity index (χ2n) is 6.37. The molecule has 1 aliphatic rings. The van der Waals surface area contributed by atoms with Crippen LogP contribution in [0.2, 0.25) is 0 Å². The molecule has 2 heteroatoms. The van der Waals surface area contributed by atoms with Gasteiger partial charge in [-0.3, -0.25) is 0 Å². The number of carboxylic acids is 1. The van der Waals surface area contributed by atoms with Gasteiger partial charge in [-0.05, 0) is 62.7 Å². The molecule has 1 N–H and O–H groups in total. The number of rotatable bonds is 5. The van der Waals surface area contributed by atoms with Gasteiger partial charge in [0.2, 0.25) is 0 Å². The molecular formula is C20H28O2. The number of hydrogen-bond donors (Lipinski definition) is 1. The lowest BCUT2D eigenvalue weighted by Crippen LogP contribution is -2.07. The van der Waals surface area contributed by atoms with E-state index in [0.717, 1.165) is 12.0 Å². The van der Waals surface area contributed by atoms with Crippen LogP contribution in [0.5, 0.6) is 0 Å². The highest BCUT2D eigenvalue weighted by Gasteiger charge is 2.17. The molecule has 0 bridgehead atoms. The molecule has 0 spiro atoms. The van der Waals surface area contributed by atoms with Crippen molar-refractivity contribution >= 4 is 5.97 Å². The van der Waals surface area contributed by atoms with E-state index < -0.39 is 5.97 Å². The topological polar surface area (TPSA) is 37.3 Å². The summed E-state index contributed by atoms with van der Waals surface area (Å²) in [4.78, 5) is 10.6. The van der Waals surface area contributed by atoms with Crippen molar-refractivity contribution in [3.05, 3.63) is 58.2 Å². The van der Waals surface area contributed by atoms with Crippen molar-refractivity contribution in [3.63, 3.8) is 0 Å². The fraction of sp³-hybridized carbons (Fsp3) is 0.450. The summed E-state index contributed by atoms with van der Waals surface area (Å²) in [5.74, 6) is -0.343. The van der Waals surface area contributed by atoms with Crippen LogP contribution < -0.4 is 0 Å². The van der Waals surface area contributed by atoms with Gasteiger partial charge >= 0.3 is 5.97 Å². The molecule has 0 heterocycles. The van der Waals surface area contributed by atoms with E-state index in [9.17, 15) is 4.79 Å². The molecule has 0 aromatic rings. The average molecular weight is 300 g/mol. The molecule has 0 saturated carbocycles. The summed E-state index contributed by atoms with van der Waals surface area (Å²) in [6.45, 7) is 10.7. The maximum absolute atomic E-state index is 10.6. The number of carbonyl (C=O) groups is 1. The number of allylic oxidation sites excluding steroid dienone is 9. The lowest BCUT2D eigenvalue weighted by atomic mass is 9.81. The van der Waals surface area contributed by atoms with Crippen molar-refractivity contribution in [2.24, 2.45) is 5.92 Å². The van der Waals surface area contributed by atoms with Gasteiger partial charge in [0.1, 0.15) is 0 Å². The molecule has 0 saturated heterocycles. The van der Waals surface area contributed by atoms with Crippen LogP contribution >= 0.6 is 0 Å². The predicted octanol–water partition coefficient (Wildman–Crippen LogP) is 5.60. The van der Waals surface area contributed by atoms with E-state index in [0.29, 0.717) is 5.92 Å². The summed E-state index contributed by atoms with van der Waals surface area (Å²) < 4.78 is 0. The molecule has 120 valence electrons. The molecular weight excluding hydrogens is 272 g/mol. The monoisotopic (exact) mass is 300 g/mol. The Balaban J connectivity index is 2.91. The Morgan fingerprint density at radius 2 is 1.86 bits per heavy atom. The summed E-state index contributed by atoms with van der Waals surface area (Å²) in [5, 5.41) is 8.67. The highest BCUT2D eigenvalue weighted by atomic mass is 16.4. The van der Waals surface area contributed by atoms with E-state index in [-0.39, 0.29) is 0 Å². The van der Waals surface area contributed by atoms with Crippen LogP contribution in [0.3, 0.4) is 0 Å². The first-order valence-electron chi connectivity index (χ1n) is 7.98. The Kier molecular flexibility index (Phi) is 7.10. The summed E-state index contributed by atoms with van der Waals surface area (Å²) >= 11 is 0. The van der Waals surface area contributed by atoms with Gasteiger partial charge in [0.05, 0.1) is 0 Å². The van der Waals surface area contributed by atoms with Crippen LogP contribution in [0.1, 0.15) is 53.9 Å². The highest BCUT2D eigenvalue weighted by Crippen LogP contribution is 2.34. The average Bonchev–Trinajstić information content (AvgIpc) is 2.37. The third-order valence-electron chi connectivity index (χ3n) is 3.85. The third kappa shape index (κ3) is 5.88. The summed E-state index contributed by atoms with van der Waals surface area (Å²) in [6, 6.07) is 0. The Morgan fingerprint density at radius 1 is 1.18 bits per heavy atom. The maximum Gasteiger partial charge on any atom is 0.328 e. The van der Waals surface area contributed by atoms with Crippen LogP contribution in [-0.4, -0.2) is 11.1 Å². The number of hydrogen-bond acceptors (Lipinski definition) is 1. The first-order chi connectivity index (χ1) is 10.3. The largest absolute Gasteiger partial charge is 0.478 e. The Hall–Kier alpha value is -1.83. The van der Waals surface area contributed by atoms with Crippen LogP contribution in [0.15, 0.2) is 58.2 Å². The SMILES string of the molecule is CC1=C(C(C)C)/C(=C/C(C)=C/C=C/C(C)=C\C(=O)O)CCC1. The van der Waals surface area contributed by atoms with Gasteiger partial charge in [-0.15, -0.1) is 0 Å². The van der Waals surface area contributed by atoms with Gasteiger partial charge in [-0.1, -0.05) is 49.3 Å². The van der Waals surface area contributed by atoms with Crippen molar-refractivity contribution in [2.75, 3.05) is 0 Å². The molecule has 0 atom stereocenters. The lowest BCUT2D eigenvalue weighted by molar-refractivity contribution is -0.131. The van der Waals surface area contributed by atoms with Crippen LogP contribution in [-0.2, 0) is 4.79 Å². The van der Waals surface area contributed by atoms with Crippen LogP contribution in [0.25, 0.3) is 0 Å². The van der Waals surface area contributed by atoms with Gasteiger partial charge in [0, 0.05) is 6.08 Å². The Bertz CT molecular complexity index is 567. The second-order valence-corrected chi connectivity index (χ2v) is 6.37. The van der Waals surface area contributed by atoms with E-state index in [4.69, 9.17) is 5.11 Å². The second kappa shape index (κ2) is 8.57. The molecule has 0 radical (unpaired) electrons. The van der Waals surface area contributed by atoms with Crippen molar-refractivity contribution in [1.82, 2.24) is 0 Å². The zero-order valence-electron chi connectivity index (χ0n) is 14.4. The predicted molar refractivity (Wildman–Crippen MR) is 93.8 cm³/mol. The van der Waals surface area contributed by atoms with Gasteiger partial charge in [0.15, 0.2) is 0 Å².